The molecular weight excluding hydrogens is 325 g/mol. The maximum atomic E-state index is 5.98. The minimum absolute atomic E-state index is 0.375. The lowest BCUT2D eigenvalue weighted by Gasteiger charge is -2.24. The lowest BCUT2D eigenvalue weighted by atomic mass is 9.85. The molecule has 1 aromatic rings. The average Bonchev–Trinajstić information content (AvgIpc) is 2.21. The summed E-state index contributed by atoms with van der Waals surface area (Å²) in [5, 5.41) is 0. The second-order valence-electron chi connectivity index (χ2n) is 5.10. The zero-order valence-corrected chi connectivity index (χ0v) is 13.4. The Morgan fingerprint density at radius 3 is 2.06 bits per heavy atom. The monoisotopic (exact) mass is 347 g/mol. The summed E-state index contributed by atoms with van der Waals surface area (Å²) in [6, 6.07) is 0. The van der Waals surface area contributed by atoms with E-state index in [2.05, 4.69) is 62.2 Å². The first-order valence-corrected chi connectivity index (χ1v) is 7.28. The number of nitrogens with zero attached hydrogens (tertiary/aromatic N) is 2. The molecule has 2 N–H and O–H groups in total. The van der Waals surface area contributed by atoms with Crippen LogP contribution < -0.4 is 5.73 Å². The first-order chi connectivity index (χ1) is 7.88. The summed E-state index contributed by atoms with van der Waals surface area (Å²) in [6.07, 6.45) is 0.904. The van der Waals surface area contributed by atoms with Gasteiger partial charge in [0.1, 0.15) is 11.6 Å². The quantitative estimate of drug-likeness (QED) is 0.847. The van der Waals surface area contributed by atoms with Gasteiger partial charge in [-0.2, -0.15) is 0 Å². The number of halogens is 1. The van der Waals surface area contributed by atoms with Crippen LogP contribution in [-0.2, 0) is 6.42 Å². The second-order valence-corrected chi connectivity index (χ2v) is 6.17. The van der Waals surface area contributed by atoms with Gasteiger partial charge >= 0.3 is 0 Å². The van der Waals surface area contributed by atoms with E-state index in [1.165, 1.54) is 0 Å². The zero-order chi connectivity index (χ0) is 13.2. The first-order valence-electron chi connectivity index (χ1n) is 6.20. The number of nitrogens with two attached hydrogens (primary N) is 1. The maximum absolute atomic E-state index is 5.98. The van der Waals surface area contributed by atoms with Gasteiger partial charge in [0.05, 0.1) is 9.26 Å². The van der Waals surface area contributed by atoms with E-state index in [1.54, 1.807) is 0 Å². The molecule has 0 bridgehead atoms. The maximum Gasteiger partial charge on any atom is 0.140 e. The fraction of sp³-hybridized carbons (Fsp3) is 0.692. The minimum atomic E-state index is 0.375. The smallest absolute Gasteiger partial charge is 0.140 e. The van der Waals surface area contributed by atoms with Crippen molar-refractivity contribution in [2.24, 2.45) is 11.8 Å². The molecule has 4 heteroatoms. The highest BCUT2D eigenvalue weighted by molar-refractivity contribution is 14.1. The molecule has 3 nitrogen and oxygen atoms in total. The van der Waals surface area contributed by atoms with Crippen LogP contribution in [0.15, 0.2) is 0 Å². The van der Waals surface area contributed by atoms with Crippen LogP contribution in [0, 0.1) is 15.4 Å². The topological polar surface area (TPSA) is 51.8 Å². The van der Waals surface area contributed by atoms with Crippen LogP contribution in [0.3, 0.4) is 0 Å². The van der Waals surface area contributed by atoms with Crippen molar-refractivity contribution in [3.63, 3.8) is 0 Å². The van der Waals surface area contributed by atoms with Crippen molar-refractivity contribution in [1.29, 1.82) is 0 Å². The Kier molecular flexibility index (Phi) is 5.16. The van der Waals surface area contributed by atoms with E-state index in [4.69, 9.17) is 10.7 Å². The van der Waals surface area contributed by atoms with E-state index < -0.39 is 0 Å². The average molecular weight is 347 g/mol. The standard InChI is InChI=1S/C13H22IN3/c1-6-9-11(14)12(15)17-13(16-9)10(7(2)3)8(4)5/h7-8,10H,6H2,1-5H3,(H2,15,16,17). The lowest BCUT2D eigenvalue weighted by Crippen LogP contribution is -2.19. The van der Waals surface area contributed by atoms with Crippen LogP contribution in [-0.4, -0.2) is 9.97 Å². The third kappa shape index (κ3) is 3.30. The predicted octanol–water partition coefficient (Wildman–Crippen LogP) is 3.62. The largest absolute Gasteiger partial charge is 0.383 e. The van der Waals surface area contributed by atoms with Crippen molar-refractivity contribution >= 4 is 28.4 Å². The molecule has 0 aliphatic carbocycles. The number of anilines is 1. The summed E-state index contributed by atoms with van der Waals surface area (Å²) in [7, 11) is 0. The molecule has 0 atom stereocenters. The normalized spacial score (nSPS) is 11.8. The molecule has 1 aromatic heterocycles. The van der Waals surface area contributed by atoms with Crippen molar-refractivity contribution in [3.8, 4) is 0 Å². The molecule has 0 unspecified atom stereocenters. The summed E-state index contributed by atoms with van der Waals surface area (Å²) >= 11 is 2.23. The van der Waals surface area contributed by atoms with Crippen molar-refractivity contribution in [2.75, 3.05) is 5.73 Å². The molecule has 0 radical (unpaired) electrons. The van der Waals surface area contributed by atoms with Gasteiger partial charge in [0.2, 0.25) is 0 Å². The summed E-state index contributed by atoms with van der Waals surface area (Å²) in [5.41, 5.74) is 7.05. The van der Waals surface area contributed by atoms with Crippen LogP contribution in [0.4, 0.5) is 5.82 Å². The van der Waals surface area contributed by atoms with E-state index in [0.29, 0.717) is 23.6 Å². The SMILES string of the molecule is CCc1nc(C(C(C)C)C(C)C)nc(N)c1I. The summed E-state index contributed by atoms with van der Waals surface area (Å²) in [4.78, 5) is 9.18. The van der Waals surface area contributed by atoms with Crippen LogP contribution in [0.25, 0.3) is 0 Å². The summed E-state index contributed by atoms with van der Waals surface area (Å²) < 4.78 is 1.00. The predicted molar refractivity (Wildman–Crippen MR) is 81.0 cm³/mol. The molecule has 0 fully saturated rings. The van der Waals surface area contributed by atoms with Gasteiger partial charge in [-0.05, 0) is 40.8 Å². The molecule has 0 aliphatic rings. The molecule has 0 aliphatic heterocycles. The molecule has 1 rings (SSSR count). The number of aromatic nitrogens is 2. The molecule has 96 valence electrons. The number of rotatable bonds is 4. The molecule has 1 heterocycles. The molecular formula is C13H22IN3. The Labute approximate surface area is 118 Å². The number of hydrogen-bond donors (Lipinski definition) is 1. The minimum Gasteiger partial charge on any atom is -0.383 e. The molecule has 0 amide bonds. The van der Waals surface area contributed by atoms with Crippen molar-refractivity contribution in [1.82, 2.24) is 9.97 Å². The second kappa shape index (κ2) is 5.98. The van der Waals surface area contributed by atoms with Gasteiger partial charge in [-0.25, -0.2) is 9.97 Å². The fourth-order valence-electron chi connectivity index (χ4n) is 2.28. The van der Waals surface area contributed by atoms with Gasteiger partial charge in [0, 0.05) is 5.92 Å². The van der Waals surface area contributed by atoms with Crippen LogP contribution in [0.1, 0.15) is 52.1 Å². The highest BCUT2D eigenvalue weighted by Crippen LogP contribution is 2.31. The van der Waals surface area contributed by atoms with E-state index in [9.17, 15) is 0 Å². The zero-order valence-electron chi connectivity index (χ0n) is 11.3. The Morgan fingerprint density at radius 1 is 1.12 bits per heavy atom. The Hall–Kier alpha value is -0.390. The highest BCUT2D eigenvalue weighted by atomic mass is 127. The Morgan fingerprint density at radius 2 is 1.65 bits per heavy atom. The van der Waals surface area contributed by atoms with E-state index in [1.807, 2.05) is 0 Å². The molecule has 0 aromatic carbocycles. The van der Waals surface area contributed by atoms with E-state index in [-0.39, 0.29) is 0 Å². The van der Waals surface area contributed by atoms with Crippen molar-refractivity contribution in [3.05, 3.63) is 15.1 Å². The number of nitrogen functional groups attached to an aromatic ring is 1. The van der Waals surface area contributed by atoms with Crippen LogP contribution >= 0.6 is 22.6 Å². The molecule has 0 saturated carbocycles. The molecule has 0 spiro atoms. The van der Waals surface area contributed by atoms with Gasteiger partial charge in [-0.1, -0.05) is 34.6 Å². The number of hydrogen-bond acceptors (Lipinski definition) is 3. The van der Waals surface area contributed by atoms with Crippen LogP contribution in [0.2, 0.25) is 0 Å². The van der Waals surface area contributed by atoms with Crippen molar-refractivity contribution in [2.45, 2.75) is 47.0 Å². The molecule has 17 heavy (non-hydrogen) atoms. The third-order valence-corrected chi connectivity index (χ3v) is 4.21. The van der Waals surface area contributed by atoms with E-state index in [0.717, 1.165) is 21.5 Å². The van der Waals surface area contributed by atoms with Gasteiger partial charge < -0.3 is 5.73 Å². The van der Waals surface area contributed by atoms with Gasteiger partial charge in [0.25, 0.3) is 0 Å². The summed E-state index contributed by atoms with van der Waals surface area (Å²) in [6.45, 7) is 11.0. The Balaban J connectivity index is 3.25. The molecule has 0 saturated heterocycles. The van der Waals surface area contributed by atoms with Gasteiger partial charge in [-0.15, -0.1) is 0 Å². The number of aryl methyl sites for hydroxylation is 1. The highest BCUT2D eigenvalue weighted by Gasteiger charge is 2.24. The lowest BCUT2D eigenvalue weighted by molar-refractivity contribution is 0.370. The fourth-order valence-corrected chi connectivity index (χ4v) is 2.90. The van der Waals surface area contributed by atoms with Crippen LogP contribution in [0.5, 0.6) is 0 Å². The van der Waals surface area contributed by atoms with Gasteiger partial charge in [0.15, 0.2) is 0 Å². The summed E-state index contributed by atoms with van der Waals surface area (Å²) in [5.74, 6) is 2.96. The third-order valence-electron chi connectivity index (χ3n) is 3.03. The van der Waals surface area contributed by atoms with Gasteiger partial charge in [-0.3, -0.25) is 0 Å². The van der Waals surface area contributed by atoms with Crippen molar-refractivity contribution < 1.29 is 0 Å². The Bertz CT molecular complexity index is 380. The van der Waals surface area contributed by atoms with E-state index >= 15 is 0 Å². The first kappa shape index (κ1) is 14.7.